The highest BCUT2D eigenvalue weighted by molar-refractivity contribution is 5.99. The van der Waals surface area contributed by atoms with Crippen molar-refractivity contribution >= 4 is 11.8 Å². The van der Waals surface area contributed by atoms with Gasteiger partial charge in [-0.1, -0.05) is 12.1 Å². The van der Waals surface area contributed by atoms with Crippen LogP contribution in [0.3, 0.4) is 0 Å². The van der Waals surface area contributed by atoms with Crippen molar-refractivity contribution in [3.8, 4) is 0 Å². The zero-order chi connectivity index (χ0) is 18.0. The molecule has 1 aromatic rings. The molecule has 2 aliphatic heterocycles. The van der Waals surface area contributed by atoms with Gasteiger partial charge in [0.2, 0.25) is 5.66 Å². The third kappa shape index (κ3) is 3.05. The van der Waals surface area contributed by atoms with Crippen molar-refractivity contribution in [2.24, 2.45) is 0 Å². The highest BCUT2D eigenvalue weighted by Gasteiger charge is 2.53. The van der Waals surface area contributed by atoms with Crippen LogP contribution in [-0.4, -0.2) is 47.1 Å². The summed E-state index contributed by atoms with van der Waals surface area (Å²) in [6.45, 7) is 0.948. The molecule has 134 valence electrons. The second-order valence-electron chi connectivity index (χ2n) is 6.26. The maximum atomic E-state index is 13.0. The van der Waals surface area contributed by atoms with Gasteiger partial charge in [-0.2, -0.15) is 0 Å². The van der Waals surface area contributed by atoms with Crippen LogP contribution in [-0.2, 0) is 16.1 Å². The molecule has 2 amide bonds. The Bertz CT molecular complexity index is 700. The van der Waals surface area contributed by atoms with E-state index in [2.05, 4.69) is 16.0 Å². The number of likely N-dealkylation sites (N-methyl/N-ethyl adjacent to an activating group) is 1. The molecule has 8 heteroatoms. The van der Waals surface area contributed by atoms with Gasteiger partial charge in [-0.15, -0.1) is 0 Å². The number of carbonyl (C=O) groups excluding carboxylic acids is 2. The molecule has 2 atom stereocenters. The maximum Gasteiger partial charge on any atom is 0.292 e. The van der Waals surface area contributed by atoms with Gasteiger partial charge in [0.05, 0.1) is 6.04 Å². The first-order chi connectivity index (χ1) is 11.9. The van der Waals surface area contributed by atoms with E-state index >= 15 is 0 Å². The number of rotatable bonds is 4. The zero-order valence-corrected chi connectivity index (χ0v) is 13.9. The first-order valence-corrected chi connectivity index (χ1v) is 8.16. The van der Waals surface area contributed by atoms with Gasteiger partial charge in [0.15, 0.2) is 5.76 Å². The van der Waals surface area contributed by atoms with Crippen LogP contribution in [0.2, 0.25) is 0 Å². The SMILES string of the molecule is CN1C(=O)C(O)=CNC1(C(=O)NCc1ccc(F)cc1)C1CCCN1. The van der Waals surface area contributed by atoms with Crippen molar-refractivity contribution in [2.45, 2.75) is 31.1 Å². The van der Waals surface area contributed by atoms with Crippen molar-refractivity contribution in [3.63, 3.8) is 0 Å². The normalized spacial score (nSPS) is 26.2. The molecule has 4 N–H and O–H groups in total. The Morgan fingerprint density at radius 1 is 1.44 bits per heavy atom. The number of nitrogens with one attached hydrogen (secondary N) is 3. The Morgan fingerprint density at radius 2 is 2.16 bits per heavy atom. The number of hydrogen-bond acceptors (Lipinski definition) is 5. The molecule has 0 aromatic heterocycles. The summed E-state index contributed by atoms with van der Waals surface area (Å²) in [4.78, 5) is 26.5. The van der Waals surface area contributed by atoms with Gasteiger partial charge < -0.3 is 26.0 Å². The number of benzene rings is 1. The second-order valence-corrected chi connectivity index (χ2v) is 6.26. The highest BCUT2D eigenvalue weighted by Crippen LogP contribution is 2.27. The van der Waals surface area contributed by atoms with Crippen LogP contribution < -0.4 is 16.0 Å². The van der Waals surface area contributed by atoms with Crippen LogP contribution in [0.15, 0.2) is 36.2 Å². The lowest BCUT2D eigenvalue weighted by Gasteiger charge is -2.46. The largest absolute Gasteiger partial charge is 0.502 e. The van der Waals surface area contributed by atoms with Crippen LogP contribution in [0.4, 0.5) is 4.39 Å². The summed E-state index contributed by atoms with van der Waals surface area (Å²) >= 11 is 0. The predicted molar refractivity (Wildman–Crippen MR) is 88.6 cm³/mol. The molecule has 2 unspecified atom stereocenters. The Labute approximate surface area is 144 Å². The fourth-order valence-electron chi connectivity index (χ4n) is 3.34. The van der Waals surface area contributed by atoms with Crippen LogP contribution >= 0.6 is 0 Å². The summed E-state index contributed by atoms with van der Waals surface area (Å²) < 4.78 is 13.0. The van der Waals surface area contributed by atoms with Gasteiger partial charge in [-0.05, 0) is 37.1 Å². The predicted octanol–water partition coefficient (Wildman–Crippen LogP) is 0.351. The van der Waals surface area contributed by atoms with E-state index in [4.69, 9.17) is 0 Å². The Kier molecular flexibility index (Phi) is 4.63. The molecule has 0 spiro atoms. The number of halogens is 1. The third-order valence-electron chi connectivity index (χ3n) is 4.76. The quantitative estimate of drug-likeness (QED) is 0.630. The van der Waals surface area contributed by atoms with Gasteiger partial charge in [-0.3, -0.25) is 9.59 Å². The second kappa shape index (κ2) is 6.72. The molecular formula is C17H21FN4O3. The minimum atomic E-state index is -1.33. The Hall–Kier alpha value is -2.61. The average molecular weight is 348 g/mol. The van der Waals surface area contributed by atoms with Crippen LogP contribution in [0.1, 0.15) is 18.4 Å². The number of amides is 2. The van der Waals surface area contributed by atoms with E-state index in [9.17, 15) is 19.1 Å². The number of aliphatic hydroxyl groups is 1. The van der Waals surface area contributed by atoms with E-state index in [-0.39, 0.29) is 18.4 Å². The van der Waals surface area contributed by atoms with Gasteiger partial charge in [0.25, 0.3) is 11.8 Å². The van der Waals surface area contributed by atoms with E-state index in [0.717, 1.165) is 18.5 Å². The summed E-state index contributed by atoms with van der Waals surface area (Å²) in [6.07, 6.45) is 2.76. The molecule has 0 aliphatic carbocycles. The standard InChI is InChI=1S/C17H21FN4O3/c1-22-15(24)13(23)10-21-17(22,14-3-2-8-19-14)16(25)20-9-11-4-6-12(18)7-5-11/h4-7,10,14,19,21,23H,2-3,8-9H2,1H3,(H,20,25). The summed E-state index contributed by atoms with van der Waals surface area (Å²) in [5, 5.41) is 18.6. The van der Waals surface area contributed by atoms with Crippen LogP contribution in [0.25, 0.3) is 0 Å². The lowest BCUT2D eigenvalue weighted by atomic mass is 9.93. The van der Waals surface area contributed by atoms with Crippen molar-refractivity contribution in [1.82, 2.24) is 20.9 Å². The minimum absolute atomic E-state index is 0.201. The maximum absolute atomic E-state index is 13.0. The van der Waals surface area contributed by atoms with Crippen molar-refractivity contribution in [1.29, 1.82) is 0 Å². The number of nitrogens with zero attached hydrogens (tertiary/aromatic N) is 1. The lowest BCUT2D eigenvalue weighted by Crippen LogP contribution is -2.75. The van der Waals surface area contributed by atoms with Gasteiger partial charge in [0, 0.05) is 19.8 Å². The van der Waals surface area contributed by atoms with Gasteiger partial charge >= 0.3 is 0 Å². The highest BCUT2D eigenvalue weighted by atomic mass is 19.1. The molecule has 2 aliphatic rings. The van der Waals surface area contributed by atoms with E-state index in [0.29, 0.717) is 6.42 Å². The zero-order valence-electron chi connectivity index (χ0n) is 13.9. The molecule has 25 heavy (non-hydrogen) atoms. The molecule has 1 saturated heterocycles. The molecule has 1 fully saturated rings. The van der Waals surface area contributed by atoms with Crippen molar-refractivity contribution < 1.29 is 19.1 Å². The first-order valence-electron chi connectivity index (χ1n) is 8.16. The van der Waals surface area contributed by atoms with E-state index in [1.54, 1.807) is 12.1 Å². The smallest absolute Gasteiger partial charge is 0.292 e. The molecule has 0 bridgehead atoms. The third-order valence-corrected chi connectivity index (χ3v) is 4.76. The summed E-state index contributed by atoms with van der Waals surface area (Å²) in [6, 6.07) is 5.53. The molecule has 3 rings (SSSR count). The molecule has 0 saturated carbocycles. The number of carbonyl (C=O) groups is 2. The first kappa shape index (κ1) is 17.2. The molecule has 0 radical (unpaired) electrons. The summed E-state index contributed by atoms with van der Waals surface area (Å²) in [7, 11) is 1.48. The minimum Gasteiger partial charge on any atom is -0.502 e. The number of hydrogen-bond donors (Lipinski definition) is 4. The van der Waals surface area contributed by atoms with E-state index in [1.807, 2.05) is 0 Å². The monoisotopic (exact) mass is 348 g/mol. The molecule has 2 heterocycles. The lowest BCUT2D eigenvalue weighted by molar-refractivity contribution is -0.151. The topological polar surface area (TPSA) is 93.7 Å². The Balaban J connectivity index is 1.83. The molecule has 7 nitrogen and oxygen atoms in total. The van der Waals surface area contributed by atoms with E-state index in [1.165, 1.54) is 30.3 Å². The van der Waals surface area contributed by atoms with Crippen molar-refractivity contribution in [3.05, 3.63) is 47.6 Å². The van der Waals surface area contributed by atoms with E-state index < -0.39 is 23.2 Å². The summed E-state index contributed by atoms with van der Waals surface area (Å²) in [5.74, 6) is -1.80. The number of aliphatic hydroxyl groups excluding tert-OH is 1. The molecule has 1 aromatic carbocycles. The molecular weight excluding hydrogens is 327 g/mol. The Morgan fingerprint density at radius 3 is 2.80 bits per heavy atom. The van der Waals surface area contributed by atoms with Gasteiger partial charge in [-0.25, -0.2) is 4.39 Å². The summed E-state index contributed by atoms with van der Waals surface area (Å²) in [5.41, 5.74) is -0.590. The van der Waals surface area contributed by atoms with Crippen molar-refractivity contribution in [2.75, 3.05) is 13.6 Å². The fraction of sp³-hybridized carbons (Fsp3) is 0.412. The average Bonchev–Trinajstić information content (AvgIpc) is 3.14. The van der Waals surface area contributed by atoms with Crippen LogP contribution in [0, 0.1) is 5.82 Å². The van der Waals surface area contributed by atoms with Crippen LogP contribution in [0.5, 0.6) is 0 Å². The fourth-order valence-corrected chi connectivity index (χ4v) is 3.34. The van der Waals surface area contributed by atoms with Gasteiger partial charge in [0.1, 0.15) is 5.82 Å².